The van der Waals surface area contributed by atoms with E-state index in [0.29, 0.717) is 6.67 Å². The molecular weight excluding hydrogens is 402 g/mol. The van der Waals surface area contributed by atoms with E-state index in [0.717, 1.165) is 45.5 Å². The lowest BCUT2D eigenvalue weighted by atomic mass is 10.2. The summed E-state index contributed by atoms with van der Waals surface area (Å²) in [5, 5.41) is 5.90. The zero-order valence-electron chi connectivity index (χ0n) is 16.7. The first kappa shape index (κ1) is 19.8. The van der Waals surface area contributed by atoms with Crippen LogP contribution in [-0.2, 0) is 19.8 Å². The van der Waals surface area contributed by atoms with Crippen LogP contribution < -0.4 is 4.74 Å². The van der Waals surface area contributed by atoms with Crippen LogP contribution in [0.2, 0.25) is 0 Å². The number of nitrogens with zero attached hydrogens (tertiary/aromatic N) is 5. The van der Waals surface area contributed by atoms with Crippen molar-refractivity contribution in [3.8, 4) is 17.1 Å². The second kappa shape index (κ2) is 8.44. The van der Waals surface area contributed by atoms with Crippen LogP contribution in [0, 0.1) is 4.77 Å². The van der Waals surface area contributed by atoms with Crippen molar-refractivity contribution in [2.24, 2.45) is 0 Å². The van der Waals surface area contributed by atoms with Crippen LogP contribution in [0.25, 0.3) is 21.6 Å². The summed E-state index contributed by atoms with van der Waals surface area (Å²) < 4.78 is 11.1. The molecule has 2 aromatic carbocycles. The summed E-state index contributed by atoms with van der Waals surface area (Å²) in [4.78, 5) is 6.90. The molecule has 0 bridgehead atoms. The molecule has 6 nitrogen and oxygen atoms in total. The molecule has 0 N–H and O–H groups in total. The van der Waals surface area contributed by atoms with Crippen LogP contribution in [0.1, 0.15) is 11.9 Å². The maximum absolute atomic E-state index is 5.70. The molecule has 0 unspecified atom stereocenters. The number of rotatable bonds is 7. The summed E-state index contributed by atoms with van der Waals surface area (Å²) in [6, 6.07) is 16.1. The second-order valence-electron chi connectivity index (χ2n) is 6.81. The molecule has 150 valence electrons. The van der Waals surface area contributed by atoms with E-state index in [1.165, 1.54) is 4.70 Å². The van der Waals surface area contributed by atoms with Crippen LogP contribution in [0.4, 0.5) is 0 Å². The maximum Gasteiger partial charge on any atom is 0.199 e. The average molecular weight is 426 g/mol. The number of benzene rings is 2. The van der Waals surface area contributed by atoms with Gasteiger partial charge in [0.1, 0.15) is 10.8 Å². The highest BCUT2D eigenvalue weighted by Crippen LogP contribution is 2.24. The Balaban J connectivity index is 1.56. The first-order valence-corrected chi connectivity index (χ1v) is 10.7. The molecule has 4 rings (SSSR count). The smallest absolute Gasteiger partial charge is 0.199 e. The summed E-state index contributed by atoms with van der Waals surface area (Å²) in [6.45, 7) is 4.20. The average Bonchev–Trinajstić information content (AvgIpc) is 3.28. The van der Waals surface area contributed by atoms with Gasteiger partial charge in [-0.25, -0.2) is 9.67 Å². The predicted octanol–water partition coefficient (Wildman–Crippen LogP) is 4.81. The van der Waals surface area contributed by atoms with Gasteiger partial charge in [-0.1, -0.05) is 12.1 Å². The molecule has 0 aliphatic rings. The van der Waals surface area contributed by atoms with Crippen LogP contribution in [-0.4, -0.2) is 38.4 Å². The van der Waals surface area contributed by atoms with E-state index in [-0.39, 0.29) is 0 Å². The number of thiazole rings is 1. The highest BCUT2D eigenvalue weighted by atomic mass is 32.1. The summed E-state index contributed by atoms with van der Waals surface area (Å²) >= 11 is 7.42. The fourth-order valence-electron chi connectivity index (χ4n) is 3.27. The van der Waals surface area contributed by atoms with E-state index >= 15 is 0 Å². The van der Waals surface area contributed by atoms with Crippen LogP contribution >= 0.6 is 23.6 Å². The quantitative estimate of drug-likeness (QED) is 0.398. The Hall–Kier alpha value is -2.55. The molecule has 0 fully saturated rings. The van der Waals surface area contributed by atoms with E-state index in [1.807, 2.05) is 41.1 Å². The third-order valence-corrected chi connectivity index (χ3v) is 6.16. The van der Waals surface area contributed by atoms with Gasteiger partial charge in [-0.2, -0.15) is 5.10 Å². The van der Waals surface area contributed by atoms with Crippen molar-refractivity contribution in [2.45, 2.75) is 26.7 Å². The number of methoxy groups -OCH3 is 1. The molecule has 0 saturated carbocycles. The lowest BCUT2D eigenvalue weighted by Gasteiger charge is -2.14. The molecule has 8 heteroatoms. The van der Waals surface area contributed by atoms with Gasteiger partial charge in [-0.3, -0.25) is 4.90 Å². The van der Waals surface area contributed by atoms with Crippen LogP contribution in [0.15, 0.2) is 48.5 Å². The molecule has 0 aliphatic carbocycles. The molecule has 0 radical (unpaired) electrons. The fraction of sp³-hybridized carbons (Fsp3) is 0.286. The molecule has 2 heterocycles. The van der Waals surface area contributed by atoms with Gasteiger partial charge in [-0.05, 0) is 62.6 Å². The van der Waals surface area contributed by atoms with Crippen LogP contribution in [0.5, 0.6) is 5.75 Å². The Morgan fingerprint density at radius 3 is 2.59 bits per heavy atom. The van der Waals surface area contributed by atoms with Gasteiger partial charge < -0.3 is 9.30 Å². The highest BCUT2D eigenvalue weighted by Gasteiger charge is 2.14. The summed E-state index contributed by atoms with van der Waals surface area (Å²) in [6.07, 6.45) is 0. The van der Waals surface area contributed by atoms with Crippen molar-refractivity contribution in [1.82, 2.24) is 24.2 Å². The first-order valence-electron chi connectivity index (χ1n) is 9.44. The Labute approximate surface area is 179 Å². The Morgan fingerprint density at radius 1 is 1.14 bits per heavy atom. The van der Waals surface area contributed by atoms with Crippen LogP contribution in [0.3, 0.4) is 0 Å². The summed E-state index contributed by atoms with van der Waals surface area (Å²) in [5.41, 5.74) is 2.07. The Kier molecular flexibility index (Phi) is 5.75. The highest BCUT2D eigenvalue weighted by molar-refractivity contribution is 7.71. The SMILES string of the molecule is CCn1c(-c2ccc(OC)cc2)nn(CN(C)Cc2nc3ccccc3s2)c1=S. The first-order chi connectivity index (χ1) is 14.1. The third-order valence-electron chi connectivity index (χ3n) is 4.71. The van der Waals surface area contributed by atoms with Crippen molar-refractivity contribution in [1.29, 1.82) is 0 Å². The van der Waals surface area contributed by atoms with E-state index in [9.17, 15) is 0 Å². The summed E-state index contributed by atoms with van der Waals surface area (Å²) in [7, 11) is 3.73. The van der Waals surface area contributed by atoms with Gasteiger partial charge >= 0.3 is 0 Å². The Bertz CT molecular complexity index is 1140. The molecule has 29 heavy (non-hydrogen) atoms. The van der Waals surface area contributed by atoms with Gasteiger partial charge in [0.25, 0.3) is 0 Å². The van der Waals surface area contributed by atoms with E-state index in [1.54, 1.807) is 18.4 Å². The van der Waals surface area contributed by atoms with Gasteiger partial charge in [0, 0.05) is 12.1 Å². The molecule has 2 aromatic heterocycles. The minimum absolute atomic E-state index is 0.602. The van der Waals surface area contributed by atoms with Gasteiger partial charge in [0.05, 0.1) is 30.5 Å². The minimum atomic E-state index is 0.602. The van der Waals surface area contributed by atoms with Crippen molar-refractivity contribution >= 4 is 33.8 Å². The predicted molar refractivity (Wildman–Crippen MR) is 120 cm³/mol. The number of ether oxygens (including phenoxy) is 1. The number of para-hydroxylation sites is 1. The molecular formula is C21H23N5OS2. The number of hydrogen-bond donors (Lipinski definition) is 0. The van der Waals surface area contributed by atoms with Crippen molar-refractivity contribution < 1.29 is 4.74 Å². The second-order valence-corrected chi connectivity index (χ2v) is 8.29. The van der Waals surface area contributed by atoms with Crippen molar-refractivity contribution in [3.63, 3.8) is 0 Å². The van der Waals surface area contributed by atoms with E-state index in [4.69, 9.17) is 27.0 Å². The number of fused-ring (bicyclic) bond motifs is 1. The fourth-order valence-corrected chi connectivity index (χ4v) is 4.63. The molecule has 0 amide bonds. The van der Waals surface area contributed by atoms with Crippen molar-refractivity contribution in [2.75, 3.05) is 14.2 Å². The van der Waals surface area contributed by atoms with E-state index in [2.05, 4.69) is 35.6 Å². The zero-order valence-corrected chi connectivity index (χ0v) is 18.3. The molecule has 0 saturated heterocycles. The van der Waals surface area contributed by atoms with Crippen molar-refractivity contribution in [3.05, 3.63) is 58.3 Å². The monoisotopic (exact) mass is 425 g/mol. The summed E-state index contributed by atoms with van der Waals surface area (Å²) in [5.74, 6) is 1.69. The molecule has 0 aliphatic heterocycles. The topological polar surface area (TPSA) is 48.1 Å². The van der Waals surface area contributed by atoms with Gasteiger partial charge in [-0.15, -0.1) is 11.3 Å². The largest absolute Gasteiger partial charge is 0.497 e. The number of aromatic nitrogens is 4. The molecule has 0 atom stereocenters. The maximum atomic E-state index is 5.70. The molecule has 0 spiro atoms. The lowest BCUT2D eigenvalue weighted by Crippen LogP contribution is -2.22. The normalized spacial score (nSPS) is 11.4. The standard InChI is InChI=1S/C21H23N5OS2/c1-4-25-20(15-9-11-16(27-3)12-10-15)23-26(21(25)28)14-24(2)13-19-22-17-7-5-6-8-18(17)29-19/h5-12H,4,13-14H2,1-3H3. The lowest BCUT2D eigenvalue weighted by molar-refractivity contribution is 0.243. The zero-order chi connectivity index (χ0) is 20.4. The Morgan fingerprint density at radius 2 is 1.90 bits per heavy atom. The van der Waals surface area contributed by atoms with E-state index < -0.39 is 0 Å². The van der Waals surface area contributed by atoms with Gasteiger partial charge in [0.15, 0.2) is 10.6 Å². The number of hydrogen-bond acceptors (Lipinski definition) is 6. The third kappa shape index (κ3) is 4.10. The molecule has 4 aromatic rings. The van der Waals surface area contributed by atoms with Gasteiger partial charge in [0.2, 0.25) is 0 Å². The minimum Gasteiger partial charge on any atom is -0.497 e.